The van der Waals surface area contributed by atoms with Gasteiger partial charge in [-0.1, -0.05) is 17.7 Å². The Hall–Kier alpha value is -1.30. The first-order valence-corrected chi connectivity index (χ1v) is 8.14. The van der Waals surface area contributed by atoms with Gasteiger partial charge < -0.3 is 15.5 Å². The Labute approximate surface area is 133 Å². The topological polar surface area (TPSA) is 49.6 Å². The molecule has 0 bridgehead atoms. The molecule has 0 radical (unpaired) electrons. The largest absolute Gasteiger partial charge is 0.397 e. The number of carbonyl (C=O) groups excluding carboxylic acids is 1. The van der Waals surface area contributed by atoms with Crippen LogP contribution in [0.25, 0.3) is 10.1 Å². The maximum Gasteiger partial charge on any atom is 0.266 e. The molecule has 1 unspecified atom stereocenters. The van der Waals surface area contributed by atoms with E-state index in [1.54, 1.807) is 6.07 Å². The second kappa shape index (κ2) is 5.48. The number of piperazine rings is 1. The van der Waals surface area contributed by atoms with Gasteiger partial charge in [-0.25, -0.2) is 0 Å². The van der Waals surface area contributed by atoms with E-state index in [1.807, 2.05) is 17.0 Å². The maximum absolute atomic E-state index is 12.8. The molecule has 1 aromatic carbocycles. The number of hydrogen-bond acceptors (Lipinski definition) is 4. The summed E-state index contributed by atoms with van der Waals surface area (Å²) in [6.45, 7) is 4.58. The number of rotatable bonds is 1. The van der Waals surface area contributed by atoms with Gasteiger partial charge in [0, 0.05) is 35.8 Å². The molecule has 1 amide bonds. The summed E-state index contributed by atoms with van der Waals surface area (Å²) in [7, 11) is 2.08. The number of fused-ring (bicyclic) bond motifs is 1. The fourth-order valence-electron chi connectivity index (χ4n) is 2.86. The van der Waals surface area contributed by atoms with Gasteiger partial charge >= 0.3 is 0 Å². The van der Waals surface area contributed by atoms with Crippen molar-refractivity contribution in [2.75, 3.05) is 32.4 Å². The molecule has 2 aromatic rings. The smallest absolute Gasteiger partial charge is 0.266 e. The molecule has 0 spiro atoms. The Morgan fingerprint density at radius 3 is 2.86 bits per heavy atom. The molecular formula is C15H18ClN3OS. The summed E-state index contributed by atoms with van der Waals surface area (Å²) in [6.07, 6.45) is 0. The first-order chi connectivity index (χ1) is 9.99. The Morgan fingerprint density at radius 1 is 1.43 bits per heavy atom. The van der Waals surface area contributed by atoms with Crippen LogP contribution in [-0.2, 0) is 0 Å². The lowest BCUT2D eigenvalue weighted by atomic mass is 10.1. The van der Waals surface area contributed by atoms with Gasteiger partial charge in [-0.05, 0) is 26.1 Å². The zero-order chi connectivity index (χ0) is 15.1. The van der Waals surface area contributed by atoms with E-state index in [2.05, 4.69) is 18.9 Å². The van der Waals surface area contributed by atoms with Crippen molar-refractivity contribution in [2.45, 2.75) is 13.0 Å². The van der Waals surface area contributed by atoms with Crippen molar-refractivity contribution in [3.05, 3.63) is 28.1 Å². The number of hydrogen-bond donors (Lipinski definition) is 1. The van der Waals surface area contributed by atoms with Gasteiger partial charge in [-0.2, -0.15) is 0 Å². The lowest BCUT2D eigenvalue weighted by Crippen LogP contribution is -2.52. The average Bonchev–Trinajstić information content (AvgIpc) is 2.77. The maximum atomic E-state index is 12.8. The second-order valence-corrected chi connectivity index (χ2v) is 7.03. The highest BCUT2D eigenvalue weighted by Gasteiger charge is 2.29. The SMILES string of the molecule is CC1CN(C)CCN1C(=O)c1sc2cccc(Cl)c2c1N. The highest BCUT2D eigenvalue weighted by molar-refractivity contribution is 7.21. The molecule has 21 heavy (non-hydrogen) atoms. The van der Waals surface area contributed by atoms with Crippen LogP contribution in [0.3, 0.4) is 0 Å². The van der Waals surface area contributed by atoms with Crippen LogP contribution in [0.15, 0.2) is 18.2 Å². The van der Waals surface area contributed by atoms with Gasteiger partial charge in [0.05, 0.1) is 10.7 Å². The predicted octanol–water partition coefficient (Wildman–Crippen LogP) is 2.91. The number of nitrogen functional groups attached to an aromatic ring is 1. The van der Waals surface area contributed by atoms with E-state index in [-0.39, 0.29) is 11.9 Å². The highest BCUT2D eigenvalue weighted by atomic mass is 35.5. The first-order valence-electron chi connectivity index (χ1n) is 6.95. The van der Waals surface area contributed by atoms with Crippen LogP contribution in [0.4, 0.5) is 5.69 Å². The van der Waals surface area contributed by atoms with Crippen LogP contribution in [0.2, 0.25) is 5.02 Å². The number of benzene rings is 1. The summed E-state index contributed by atoms with van der Waals surface area (Å²) in [5.41, 5.74) is 6.70. The predicted molar refractivity (Wildman–Crippen MR) is 89.2 cm³/mol. The number of halogens is 1. The number of thiophene rings is 1. The van der Waals surface area contributed by atoms with Crippen LogP contribution in [-0.4, -0.2) is 48.4 Å². The third kappa shape index (κ3) is 2.50. The minimum absolute atomic E-state index is 0.0189. The minimum Gasteiger partial charge on any atom is -0.397 e. The van der Waals surface area contributed by atoms with Crippen molar-refractivity contribution in [1.29, 1.82) is 0 Å². The summed E-state index contributed by atoms with van der Waals surface area (Å²) in [5, 5.41) is 1.40. The number of nitrogens with two attached hydrogens (primary N) is 1. The van der Waals surface area contributed by atoms with Gasteiger partial charge in [-0.15, -0.1) is 11.3 Å². The Morgan fingerprint density at radius 2 is 2.19 bits per heavy atom. The highest BCUT2D eigenvalue weighted by Crippen LogP contribution is 2.38. The van der Waals surface area contributed by atoms with E-state index in [0.717, 1.165) is 29.7 Å². The number of anilines is 1. The molecule has 4 nitrogen and oxygen atoms in total. The number of carbonyl (C=O) groups is 1. The van der Waals surface area contributed by atoms with E-state index in [1.165, 1.54) is 11.3 Å². The number of likely N-dealkylation sites (N-methyl/N-ethyl adjacent to an activating group) is 1. The minimum atomic E-state index is 0.0189. The summed E-state index contributed by atoms with van der Waals surface area (Å²) in [5.74, 6) is 0.0189. The zero-order valence-corrected chi connectivity index (χ0v) is 13.7. The fourth-order valence-corrected chi connectivity index (χ4v) is 4.30. The van der Waals surface area contributed by atoms with Crippen molar-refractivity contribution < 1.29 is 4.79 Å². The molecule has 3 rings (SSSR count). The summed E-state index contributed by atoms with van der Waals surface area (Å²) in [4.78, 5) is 17.6. The molecule has 2 heterocycles. The van der Waals surface area contributed by atoms with E-state index in [9.17, 15) is 4.79 Å². The normalized spacial score (nSPS) is 20.1. The lowest BCUT2D eigenvalue weighted by Gasteiger charge is -2.38. The van der Waals surface area contributed by atoms with Crippen molar-refractivity contribution in [1.82, 2.24) is 9.80 Å². The Balaban J connectivity index is 1.99. The monoisotopic (exact) mass is 323 g/mol. The average molecular weight is 324 g/mol. The van der Waals surface area contributed by atoms with E-state index in [0.29, 0.717) is 15.6 Å². The standard InChI is InChI=1S/C15H18ClN3OS/c1-9-8-18(2)6-7-19(9)15(20)14-13(17)12-10(16)4-3-5-11(12)21-14/h3-5,9H,6-8,17H2,1-2H3. The molecule has 1 aromatic heterocycles. The summed E-state index contributed by atoms with van der Waals surface area (Å²) in [6, 6.07) is 5.83. The number of amides is 1. The summed E-state index contributed by atoms with van der Waals surface area (Å²) < 4.78 is 0.963. The van der Waals surface area contributed by atoms with Gasteiger partial charge in [0.1, 0.15) is 4.88 Å². The summed E-state index contributed by atoms with van der Waals surface area (Å²) >= 11 is 7.64. The lowest BCUT2D eigenvalue weighted by molar-refractivity contribution is 0.0539. The third-order valence-electron chi connectivity index (χ3n) is 3.99. The molecule has 1 aliphatic heterocycles. The van der Waals surface area contributed by atoms with E-state index >= 15 is 0 Å². The third-order valence-corrected chi connectivity index (χ3v) is 5.46. The Bertz CT molecular complexity index is 700. The quantitative estimate of drug-likeness (QED) is 0.878. The van der Waals surface area contributed by atoms with Gasteiger partial charge in [0.25, 0.3) is 5.91 Å². The van der Waals surface area contributed by atoms with Gasteiger partial charge in [-0.3, -0.25) is 4.79 Å². The van der Waals surface area contributed by atoms with Crippen LogP contribution in [0.5, 0.6) is 0 Å². The zero-order valence-electron chi connectivity index (χ0n) is 12.1. The van der Waals surface area contributed by atoms with Crippen molar-refractivity contribution >= 4 is 44.6 Å². The molecule has 6 heteroatoms. The van der Waals surface area contributed by atoms with Crippen LogP contribution in [0.1, 0.15) is 16.6 Å². The second-order valence-electron chi connectivity index (χ2n) is 5.57. The van der Waals surface area contributed by atoms with E-state index < -0.39 is 0 Å². The molecule has 1 saturated heterocycles. The van der Waals surface area contributed by atoms with Crippen LogP contribution in [0, 0.1) is 0 Å². The van der Waals surface area contributed by atoms with Crippen molar-refractivity contribution in [3.8, 4) is 0 Å². The molecule has 0 aliphatic carbocycles. The molecule has 2 N–H and O–H groups in total. The fraction of sp³-hybridized carbons (Fsp3) is 0.400. The molecule has 1 aliphatic rings. The Kier molecular flexibility index (Phi) is 3.82. The van der Waals surface area contributed by atoms with Crippen molar-refractivity contribution in [3.63, 3.8) is 0 Å². The van der Waals surface area contributed by atoms with Crippen LogP contribution >= 0.6 is 22.9 Å². The van der Waals surface area contributed by atoms with Crippen molar-refractivity contribution in [2.24, 2.45) is 0 Å². The molecular weight excluding hydrogens is 306 g/mol. The molecule has 112 valence electrons. The first kappa shape index (κ1) is 14.6. The van der Waals surface area contributed by atoms with Crippen LogP contribution < -0.4 is 5.73 Å². The molecule has 0 saturated carbocycles. The molecule has 1 atom stereocenters. The molecule has 1 fully saturated rings. The van der Waals surface area contributed by atoms with E-state index in [4.69, 9.17) is 17.3 Å². The van der Waals surface area contributed by atoms with Gasteiger partial charge in [0.15, 0.2) is 0 Å². The van der Waals surface area contributed by atoms with Gasteiger partial charge in [0.2, 0.25) is 0 Å². The number of nitrogens with zero attached hydrogens (tertiary/aromatic N) is 2.